The molecular weight excluding hydrogens is 390 g/mol. The molecule has 0 radical (unpaired) electrons. The first-order valence-electron chi connectivity index (χ1n) is 9.27. The molecule has 2 aromatic rings. The van der Waals surface area contributed by atoms with Crippen molar-refractivity contribution >= 4 is 34.2 Å². The summed E-state index contributed by atoms with van der Waals surface area (Å²) in [6, 6.07) is 5.94. The summed E-state index contributed by atoms with van der Waals surface area (Å²) < 4.78 is 4.96. The Bertz CT molecular complexity index is 991. The van der Waals surface area contributed by atoms with Crippen LogP contribution in [0.5, 0.6) is 0 Å². The van der Waals surface area contributed by atoms with Gasteiger partial charge in [-0.05, 0) is 37.8 Å². The van der Waals surface area contributed by atoms with Crippen molar-refractivity contribution in [3.05, 3.63) is 52.4 Å². The van der Waals surface area contributed by atoms with Crippen LogP contribution < -0.4 is 10.4 Å². The molecule has 29 heavy (non-hydrogen) atoms. The maximum Gasteiger partial charge on any atom is 0.341 e. The highest BCUT2D eigenvalue weighted by Gasteiger charge is 2.31. The predicted molar refractivity (Wildman–Crippen MR) is 110 cm³/mol. The number of esters is 1. The monoisotopic (exact) mass is 412 g/mol. The Kier molecular flexibility index (Phi) is 6.17. The molecule has 1 aromatic carbocycles. The first-order chi connectivity index (χ1) is 13.8. The number of aryl methyl sites for hydroxylation is 2. The summed E-state index contributed by atoms with van der Waals surface area (Å²) in [4.78, 5) is 36.8. The minimum atomic E-state index is -1.25. The van der Waals surface area contributed by atoms with Gasteiger partial charge in [-0.2, -0.15) is 0 Å². The SMILES string of the molecule is COC(=O)c1c(-c2cc(C)ccc2C)csc1NC(=O)[C@H]1CC=CC[C@H]1C(=O)[O-]. The molecule has 0 fully saturated rings. The van der Waals surface area contributed by atoms with Crippen molar-refractivity contribution in [1.29, 1.82) is 0 Å². The second-order valence-electron chi connectivity index (χ2n) is 7.13. The fourth-order valence-electron chi connectivity index (χ4n) is 3.55. The van der Waals surface area contributed by atoms with E-state index in [0.717, 1.165) is 16.7 Å². The maximum absolute atomic E-state index is 12.8. The summed E-state index contributed by atoms with van der Waals surface area (Å²) in [7, 11) is 1.29. The minimum absolute atomic E-state index is 0.252. The lowest BCUT2D eigenvalue weighted by Crippen LogP contribution is -2.41. The Balaban J connectivity index is 1.98. The molecule has 1 amide bonds. The van der Waals surface area contributed by atoms with Gasteiger partial charge in [-0.1, -0.05) is 35.9 Å². The number of hydrogen-bond acceptors (Lipinski definition) is 6. The Labute approximate surface area is 173 Å². The molecule has 3 rings (SSSR count). The average Bonchev–Trinajstić information content (AvgIpc) is 3.12. The smallest absolute Gasteiger partial charge is 0.341 e. The van der Waals surface area contributed by atoms with E-state index in [1.165, 1.54) is 18.4 Å². The predicted octanol–water partition coefficient (Wildman–Crippen LogP) is 3.09. The number of methoxy groups -OCH3 is 1. The van der Waals surface area contributed by atoms with Gasteiger partial charge in [0.1, 0.15) is 10.6 Å². The van der Waals surface area contributed by atoms with E-state index in [2.05, 4.69) is 5.32 Å². The summed E-state index contributed by atoms with van der Waals surface area (Å²) in [6.45, 7) is 3.91. The van der Waals surface area contributed by atoms with Crippen molar-refractivity contribution in [2.45, 2.75) is 26.7 Å². The van der Waals surface area contributed by atoms with Crippen molar-refractivity contribution in [2.75, 3.05) is 12.4 Å². The molecule has 1 aliphatic carbocycles. The van der Waals surface area contributed by atoms with Crippen LogP contribution >= 0.6 is 11.3 Å². The number of carboxylic acid groups (broad SMARTS) is 1. The van der Waals surface area contributed by atoms with E-state index in [0.29, 0.717) is 17.0 Å². The quantitative estimate of drug-likeness (QED) is 0.601. The van der Waals surface area contributed by atoms with Crippen LogP contribution in [0, 0.1) is 25.7 Å². The first kappa shape index (κ1) is 20.8. The van der Waals surface area contributed by atoms with Gasteiger partial charge < -0.3 is 20.0 Å². The van der Waals surface area contributed by atoms with Gasteiger partial charge in [-0.3, -0.25) is 4.79 Å². The number of thiophene rings is 1. The van der Waals surface area contributed by atoms with Crippen LogP contribution in [0.3, 0.4) is 0 Å². The number of rotatable bonds is 5. The Hall–Kier alpha value is -2.93. The number of nitrogens with one attached hydrogen (secondary N) is 1. The maximum atomic E-state index is 12.8. The molecule has 0 bridgehead atoms. The number of ether oxygens (including phenoxy) is 1. The third kappa shape index (κ3) is 4.24. The molecule has 1 heterocycles. The zero-order chi connectivity index (χ0) is 21.1. The van der Waals surface area contributed by atoms with Crippen molar-refractivity contribution in [3.63, 3.8) is 0 Å². The van der Waals surface area contributed by atoms with Gasteiger partial charge in [0.15, 0.2) is 0 Å². The largest absolute Gasteiger partial charge is 0.550 e. The van der Waals surface area contributed by atoms with Crippen molar-refractivity contribution in [2.24, 2.45) is 11.8 Å². The molecule has 0 aliphatic heterocycles. The summed E-state index contributed by atoms with van der Waals surface area (Å²) in [5.74, 6) is -3.88. The van der Waals surface area contributed by atoms with Crippen LogP contribution in [-0.2, 0) is 14.3 Å². The van der Waals surface area contributed by atoms with Crippen LogP contribution in [0.15, 0.2) is 35.7 Å². The second-order valence-corrected chi connectivity index (χ2v) is 8.01. The van der Waals surface area contributed by atoms with Gasteiger partial charge in [0.25, 0.3) is 0 Å². The molecule has 1 aliphatic rings. The highest BCUT2D eigenvalue weighted by atomic mass is 32.1. The van der Waals surface area contributed by atoms with Crippen molar-refractivity contribution in [3.8, 4) is 11.1 Å². The third-order valence-corrected chi connectivity index (χ3v) is 6.07. The highest BCUT2D eigenvalue weighted by Crippen LogP contribution is 2.38. The number of hydrogen-bond donors (Lipinski definition) is 1. The van der Waals surface area contributed by atoms with Crippen molar-refractivity contribution < 1.29 is 24.2 Å². The highest BCUT2D eigenvalue weighted by molar-refractivity contribution is 7.15. The van der Waals surface area contributed by atoms with Crippen LogP contribution in [0.1, 0.15) is 34.3 Å². The van der Waals surface area contributed by atoms with Gasteiger partial charge in [-0.15, -0.1) is 11.3 Å². The van der Waals surface area contributed by atoms with E-state index >= 15 is 0 Å². The topological polar surface area (TPSA) is 95.5 Å². The number of aliphatic carboxylic acids is 1. The van der Waals surface area contributed by atoms with E-state index in [9.17, 15) is 19.5 Å². The number of anilines is 1. The first-order valence-corrected chi connectivity index (χ1v) is 10.2. The lowest BCUT2D eigenvalue weighted by atomic mass is 9.82. The lowest BCUT2D eigenvalue weighted by Gasteiger charge is -2.28. The molecule has 1 aromatic heterocycles. The second kappa shape index (κ2) is 8.61. The van der Waals surface area contributed by atoms with Gasteiger partial charge in [-0.25, -0.2) is 4.79 Å². The molecule has 1 N–H and O–H groups in total. The molecule has 0 saturated carbocycles. The van der Waals surface area contributed by atoms with E-state index < -0.39 is 29.7 Å². The van der Waals surface area contributed by atoms with Gasteiger partial charge >= 0.3 is 5.97 Å². The van der Waals surface area contributed by atoms with Crippen LogP contribution in [0.25, 0.3) is 11.1 Å². The summed E-state index contributed by atoms with van der Waals surface area (Å²) in [5.41, 5.74) is 3.87. The summed E-state index contributed by atoms with van der Waals surface area (Å²) in [5, 5.41) is 16.3. The zero-order valence-corrected chi connectivity index (χ0v) is 17.3. The van der Waals surface area contributed by atoms with Gasteiger partial charge in [0, 0.05) is 22.8 Å². The van der Waals surface area contributed by atoms with Crippen LogP contribution in [0.4, 0.5) is 5.00 Å². The molecule has 7 heteroatoms. The molecule has 152 valence electrons. The fraction of sp³-hybridized carbons (Fsp3) is 0.318. The Morgan fingerprint density at radius 2 is 1.79 bits per heavy atom. The zero-order valence-electron chi connectivity index (χ0n) is 16.5. The van der Waals surface area contributed by atoms with Gasteiger partial charge in [0.05, 0.1) is 13.0 Å². The van der Waals surface area contributed by atoms with E-state index in [1.807, 2.05) is 32.0 Å². The van der Waals surface area contributed by atoms with E-state index in [1.54, 1.807) is 17.5 Å². The average molecular weight is 412 g/mol. The summed E-state index contributed by atoms with van der Waals surface area (Å²) in [6.07, 6.45) is 4.10. The fourth-order valence-corrected chi connectivity index (χ4v) is 4.50. The lowest BCUT2D eigenvalue weighted by molar-refractivity contribution is -0.313. The third-order valence-electron chi connectivity index (χ3n) is 5.17. The Morgan fingerprint density at radius 3 is 2.45 bits per heavy atom. The number of carbonyl (C=O) groups excluding carboxylic acids is 3. The summed E-state index contributed by atoms with van der Waals surface area (Å²) >= 11 is 1.22. The van der Waals surface area contributed by atoms with Crippen LogP contribution in [0.2, 0.25) is 0 Å². The molecule has 6 nitrogen and oxygen atoms in total. The molecule has 2 atom stereocenters. The normalized spacial score (nSPS) is 18.3. The molecule has 0 unspecified atom stereocenters. The molecule has 0 spiro atoms. The standard InChI is InChI=1S/C22H23NO5S/c1-12-8-9-13(2)16(10-12)17-11-29-20(18(17)22(27)28-3)23-19(24)14-6-4-5-7-15(14)21(25)26/h4-5,8-11,14-15H,6-7H2,1-3H3,(H,23,24)(H,25,26)/p-1/t14-,15+/m0/s1. The van der Waals surface area contributed by atoms with E-state index in [-0.39, 0.29) is 12.0 Å². The van der Waals surface area contributed by atoms with Crippen molar-refractivity contribution in [1.82, 2.24) is 0 Å². The van der Waals surface area contributed by atoms with Crippen LogP contribution in [-0.4, -0.2) is 25.0 Å². The number of carbonyl (C=O) groups is 3. The van der Waals surface area contributed by atoms with Gasteiger partial charge in [0.2, 0.25) is 5.91 Å². The number of amides is 1. The van der Waals surface area contributed by atoms with E-state index in [4.69, 9.17) is 4.74 Å². The molecule has 0 saturated heterocycles. The number of allylic oxidation sites excluding steroid dienone is 2. The number of benzene rings is 1. The molecular formula is C22H22NO5S-. The Morgan fingerprint density at radius 1 is 1.10 bits per heavy atom. The number of carboxylic acids is 1. The minimum Gasteiger partial charge on any atom is -0.550 e.